The summed E-state index contributed by atoms with van der Waals surface area (Å²) in [7, 11) is 3.99. The molecule has 0 saturated carbocycles. The van der Waals surface area contributed by atoms with Gasteiger partial charge in [0.1, 0.15) is 5.82 Å². The highest BCUT2D eigenvalue weighted by atomic mass is 19.1. The fraction of sp³-hybridized carbons (Fsp3) is 0.462. The van der Waals surface area contributed by atoms with Crippen LogP contribution in [0.2, 0.25) is 0 Å². The van der Waals surface area contributed by atoms with Gasteiger partial charge in [-0.3, -0.25) is 10.6 Å². The Balaban J connectivity index is 2.19. The first kappa shape index (κ1) is 13.8. The van der Waals surface area contributed by atoms with Gasteiger partial charge in [0.2, 0.25) is 0 Å². The maximum absolute atomic E-state index is 13.6. The van der Waals surface area contributed by atoms with E-state index in [1.54, 1.807) is 11.0 Å². The molecule has 1 heterocycles. The molecule has 1 aromatic carbocycles. The Hall–Kier alpha value is -1.66. The number of hydrazine groups is 1. The summed E-state index contributed by atoms with van der Waals surface area (Å²) < 4.78 is 13.6. The first-order valence-electron chi connectivity index (χ1n) is 6.25. The molecule has 0 bridgehead atoms. The molecular weight excluding hydrogens is 247 g/mol. The zero-order valence-electron chi connectivity index (χ0n) is 11.2. The summed E-state index contributed by atoms with van der Waals surface area (Å²) in [4.78, 5) is 16.2. The van der Waals surface area contributed by atoms with Crippen LogP contribution in [0.3, 0.4) is 0 Å². The standard InChI is InChI=1S/C13H19FN4O/c1-17(2)9-6-7-18(8-9)13(19)10-4-3-5-11(14)12(10)16-15/h3-5,9,16H,6-8,15H2,1-2H3. The van der Waals surface area contributed by atoms with Crippen molar-refractivity contribution in [2.24, 2.45) is 5.84 Å². The number of nitrogens with two attached hydrogens (primary N) is 1. The third-order valence-electron chi connectivity index (χ3n) is 3.57. The van der Waals surface area contributed by atoms with Crippen LogP contribution in [0.4, 0.5) is 10.1 Å². The van der Waals surface area contributed by atoms with E-state index in [9.17, 15) is 9.18 Å². The van der Waals surface area contributed by atoms with E-state index in [0.717, 1.165) is 6.42 Å². The van der Waals surface area contributed by atoms with Gasteiger partial charge in [-0.25, -0.2) is 4.39 Å². The number of halogens is 1. The average Bonchev–Trinajstić information content (AvgIpc) is 2.87. The summed E-state index contributed by atoms with van der Waals surface area (Å²) in [6, 6.07) is 4.73. The van der Waals surface area contributed by atoms with Gasteiger partial charge >= 0.3 is 0 Å². The topological polar surface area (TPSA) is 61.6 Å². The smallest absolute Gasteiger partial charge is 0.256 e. The molecule has 5 nitrogen and oxygen atoms in total. The third kappa shape index (κ3) is 2.69. The van der Waals surface area contributed by atoms with E-state index in [-0.39, 0.29) is 17.2 Å². The lowest BCUT2D eigenvalue weighted by Gasteiger charge is -2.21. The molecule has 104 valence electrons. The number of carbonyl (C=O) groups excluding carboxylic acids is 1. The van der Waals surface area contributed by atoms with Crippen LogP contribution < -0.4 is 11.3 Å². The fourth-order valence-corrected chi connectivity index (χ4v) is 2.37. The Kier molecular flexibility index (Phi) is 4.01. The summed E-state index contributed by atoms with van der Waals surface area (Å²) in [5.41, 5.74) is 2.61. The molecule has 1 unspecified atom stereocenters. The Morgan fingerprint density at radius 1 is 1.53 bits per heavy atom. The minimum absolute atomic E-state index is 0.0563. The lowest BCUT2D eigenvalue weighted by molar-refractivity contribution is 0.0783. The number of likely N-dealkylation sites (N-methyl/N-ethyl adjacent to an activating group) is 1. The number of anilines is 1. The van der Waals surface area contributed by atoms with Crippen LogP contribution in [0.15, 0.2) is 18.2 Å². The van der Waals surface area contributed by atoms with Gasteiger partial charge < -0.3 is 15.2 Å². The van der Waals surface area contributed by atoms with E-state index >= 15 is 0 Å². The Morgan fingerprint density at radius 3 is 2.84 bits per heavy atom. The van der Waals surface area contributed by atoms with Crippen molar-refractivity contribution < 1.29 is 9.18 Å². The fourth-order valence-electron chi connectivity index (χ4n) is 2.37. The second kappa shape index (κ2) is 5.54. The van der Waals surface area contributed by atoms with Gasteiger partial charge in [0.25, 0.3) is 5.91 Å². The average molecular weight is 266 g/mol. The van der Waals surface area contributed by atoms with Crippen molar-refractivity contribution in [2.45, 2.75) is 12.5 Å². The predicted molar refractivity (Wildman–Crippen MR) is 72.2 cm³/mol. The maximum Gasteiger partial charge on any atom is 0.256 e. The number of likely N-dealkylation sites (tertiary alicyclic amines) is 1. The zero-order valence-corrected chi connectivity index (χ0v) is 11.2. The number of hydrogen-bond acceptors (Lipinski definition) is 4. The van der Waals surface area contributed by atoms with Crippen LogP contribution in [-0.2, 0) is 0 Å². The Bertz CT molecular complexity index is 478. The molecule has 1 saturated heterocycles. The monoisotopic (exact) mass is 266 g/mol. The molecule has 6 heteroatoms. The van der Waals surface area contributed by atoms with Gasteiger partial charge in [-0.05, 0) is 32.6 Å². The van der Waals surface area contributed by atoms with Gasteiger partial charge in [-0.1, -0.05) is 6.07 Å². The summed E-state index contributed by atoms with van der Waals surface area (Å²) in [6.45, 7) is 1.34. The number of para-hydroxylation sites is 1. The number of hydrogen-bond donors (Lipinski definition) is 2. The van der Waals surface area contributed by atoms with E-state index < -0.39 is 5.82 Å². The molecule has 1 aromatic rings. The number of carbonyl (C=O) groups is 1. The van der Waals surface area contributed by atoms with Crippen molar-refractivity contribution in [2.75, 3.05) is 32.6 Å². The number of nitrogens with zero attached hydrogens (tertiary/aromatic N) is 2. The van der Waals surface area contributed by atoms with E-state index in [2.05, 4.69) is 10.3 Å². The van der Waals surface area contributed by atoms with Crippen molar-refractivity contribution in [3.8, 4) is 0 Å². The molecule has 1 aliphatic heterocycles. The number of nitrogens with one attached hydrogen (secondary N) is 1. The first-order valence-corrected chi connectivity index (χ1v) is 6.25. The first-order chi connectivity index (χ1) is 9.04. The van der Waals surface area contributed by atoms with Crippen molar-refractivity contribution in [3.63, 3.8) is 0 Å². The van der Waals surface area contributed by atoms with E-state index in [1.807, 2.05) is 14.1 Å². The number of amides is 1. The highest BCUT2D eigenvalue weighted by molar-refractivity contribution is 5.99. The van der Waals surface area contributed by atoms with Crippen LogP contribution >= 0.6 is 0 Å². The molecule has 0 radical (unpaired) electrons. The highest BCUT2D eigenvalue weighted by Gasteiger charge is 2.29. The minimum atomic E-state index is -0.517. The van der Waals surface area contributed by atoms with Gasteiger partial charge in [-0.2, -0.15) is 0 Å². The summed E-state index contributed by atoms with van der Waals surface area (Å²) in [5, 5.41) is 0. The van der Waals surface area contributed by atoms with Crippen LogP contribution in [-0.4, -0.2) is 48.9 Å². The predicted octanol–water partition coefficient (Wildman–Crippen LogP) is 0.887. The molecule has 3 N–H and O–H groups in total. The number of nitrogen functional groups attached to an aromatic ring is 1. The number of rotatable bonds is 3. The Morgan fingerprint density at radius 2 is 2.26 bits per heavy atom. The molecule has 1 atom stereocenters. The van der Waals surface area contributed by atoms with E-state index in [1.165, 1.54) is 12.1 Å². The van der Waals surface area contributed by atoms with Crippen LogP contribution in [0.25, 0.3) is 0 Å². The van der Waals surface area contributed by atoms with Crippen LogP contribution in [0.5, 0.6) is 0 Å². The SMILES string of the molecule is CN(C)C1CCN(C(=O)c2cccc(F)c2NN)C1. The van der Waals surface area contributed by atoms with Crippen LogP contribution in [0, 0.1) is 5.82 Å². The molecule has 2 rings (SSSR count). The van der Waals surface area contributed by atoms with E-state index in [0.29, 0.717) is 19.1 Å². The van der Waals surface area contributed by atoms with E-state index in [4.69, 9.17) is 5.84 Å². The third-order valence-corrected chi connectivity index (χ3v) is 3.57. The lowest BCUT2D eigenvalue weighted by atomic mass is 10.1. The molecule has 1 aliphatic rings. The van der Waals surface area contributed by atoms with Crippen molar-refractivity contribution in [1.82, 2.24) is 9.80 Å². The zero-order chi connectivity index (χ0) is 14.0. The largest absolute Gasteiger partial charge is 0.337 e. The van der Waals surface area contributed by atoms with Crippen molar-refractivity contribution in [1.29, 1.82) is 0 Å². The second-order valence-electron chi connectivity index (χ2n) is 4.96. The number of benzene rings is 1. The molecular formula is C13H19FN4O. The molecule has 1 amide bonds. The van der Waals surface area contributed by atoms with Crippen molar-refractivity contribution in [3.05, 3.63) is 29.6 Å². The minimum Gasteiger partial charge on any atom is -0.337 e. The second-order valence-corrected chi connectivity index (χ2v) is 4.96. The summed E-state index contributed by atoms with van der Waals surface area (Å²) >= 11 is 0. The highest BCUT2D eigenvalue weighted by Crippen LogP contribution is 2.23. The summed E-state index contributed by atoms with van der Waals surface area (Å²) in [5.74, 6) is 4.59. The molecule has 19 heavy (non-hydrogen) atoms. The maximum atomic E-state index is 13.6. The van der Waals surface area contributed by atoms with Gasteiger partial charge in [0.15, 0.2) is 0 Å². The van der Waals surface area contributed by atoms with Crippen LogP contribution in [0.1, 0.15) is 16.8 Å². The normalized spacial score (nSPS) is 19.0. The Labute approximate surface area is 112 Å². The van der Waals surface area contributed by atoms with Gasteiger partial charge in [0, 0.05) is 19.1 Å². The lowest BCUT2D eigenvalue weighted by Crippen LogP contribution is -2.35. The molecule has 0 aliphatic carbocycles. The van der Waals surface area contributed by atoms with Gasteiger partial charge in [0.05, 0.1) is 11.3 Å². The summed E-state index contributed by atoms with van der Waals surface area (Å²) in [6.07, 6.45) is 0.930. The molecule has 1 fully saturated rings. The molecule has 0 aromatic heterocycles. The van der Waals surface area contributed by atoms with Crippen molar-refractivity contribution >= 4 is 11.6 Å². The van der Waals surface area contributed by atoms with Gasteiger partial charge in [-0.15, -0.1) is 0 Å². The quantitative estimate of drug-likeness (QED) is 0.630. The molecule has 0 spiro atoms.